The Morgan fingerprint density at radius 2 is 2.08 bits per heavy atom. The lowest BCUT2D eigenvalue weighted by atomic mass is 10.2. The predicted molar refractivity (Wildman–Crippen MR) is 52.0 cm³/mol. The zero-order valence-electron chi connectivity index (χ0n) is 8.03. The summed E-state index contributed by atoms with van der Waals surface area (Å²) in [5.41, 5.74) is 1.59. The number of ether oxygens (including phenoxy) is 1. The molecule has 0 heterocycles. The summed E-state index contributed by atoms with van der Waals surface area (Å²) < 4.78 is 5.08. The normalized spacial score (nSPS) is 9.08. The highest BCUT2D eigenvalue weighted by Gasteiger charge is 2.03. The van der Waals surface area contributed by atoms with Gasteiger partial charge in [-0.05, 0) is 12.1 Å². The van der Waals surface area contributed by atoms with Crippen LogP contribution in [-0.2, 0) is 0 Å². The Morgan fingerprint density at radius 1 is 1.38 bits per heavy atom. The minimum atomic E-state index is 0.563. The Kier molecular flexibility index (Phi) is 2.76. The van der Waals surface area contributed by atoms with E-state index >= 15 is 0 Å². The van der Waals surface area contributed by atoms with Gasteiger partial charge in [0.05, 0.1) is 12.7 Å². The van der Waals surface area contributed by atoms with E-state index in [0.717, 1.165) is 5.69 Å². The Morgan fingerprint density at radius 3 is 2.54 bits per heavy atom. The van der Waals surface area contributed by atoms with Crippen molar-refractivity contribution in [1.82, 2.24) is 0 Å². The van der Waals surface area contributed by atoms with Crippen LogP contribution in [0.1, 0.15) is 5.56 Å². The highest BCUT2D eigenvalue weighted by atomic mass is 16.5. The SMILES string of the molecule is COc1cc(N(C)C)ccc1C#N. The molecule has 0 bridgehead atoms. The van der Waals surface area contributed by atoms with Crippen molar-refractivity contribution in [2.24, 2.45) is 0 Å². The maximum absolute atomic E-state index is 8.74. The third kappa shape index (κ3) is 1.91. The molecule has 3 heteroatoms. The molecule has 0 aliphatic rings. The lowest BCUT2D eigenvalue weighted by Crippen LogP contribution is -2.08. The van der Waals surface area contributed by atoms with Crippen LogP contribution in [-0.4, -0.2) is 21.2 Å². The molecule has 0 aliphatic heterocycles. The minimum Gasteiger partial charge on any atom is -0.495 e. The fourth-order valence-electron chi connectivity index (χ4n) is 1.05. The van der Waals surface area contributed by atoms with Crippen LogP contribution in [0.15, 0.2) is 18.2 Å². The van der Waals surface area contributed by atoms with Crippen LogP contribution in [0.25, 0.3) is 0 Å². The molecule has 0 saturated carbocycles. The van der Waals surface area contributed by atoms with Gasteiger partial charge >= 0.3 is 0 Å². The topological polar surface area (TPSA) is 36.3 Å². The first-order chi connectivity index (χ1) is 6.19. The van der Waals surface area contributed by atoms with Crippen molar-refractivity contribution in [3.63, 3.8) is 0 Å². The van der Waals surface area contributed by atoms with Crippen molar-refractivity contribution in [1.29, 1.82) is 5.26 Å². The molecule has 3 nitrogen and oxygen atoms in total. The van der Waals surface area contributed by atoms with Gasteiger partial charge in [-0.15, -0.1) is 0 Å². The largest absolute Gasteiger partial charge is 0.495 e. The molecule has 1 aromatic rings. The molecule has 0 fully saturated rings. The van der Waals surface area contributed by atoms with E-state index < -0.39 is 0 Å². The molecule has 0 aromatic heterocycles. The van der Waals surface area contributed by atoms with E-state index in [-0.39, 0.29) is 0 Å². The number of anilines is 1. The standard InChI is InChI=1S/C10H12N2O/c1-12(2)9-5-4-8(7-11)10(6-9)13-3/h4-6H,1-3H3. The highest BCUT2D eigenvalue weighted by Crippen LogP contribution is 2.23. The van der Waals surface area contributed by atoms with Gasteiger partial charge in [0.1, 0.15) is 11.8 Å². The van der Waals surface area contributed by atoms with Gasteiger partial charge in [-0.3, -0.25) is 0 Å². The summed E-state index contributed by atoms with van der Waals surface area (Å²) >= 11 is 0. The van der Waals surface area contributed by atoms with E-state index in [1.807, 2.05) is 31.1 Å². The molecule has 0 aliphatic carbocycles. The maximum Gasteiger partial charge on any atom is 0.138 e. The highest BCUT2D eigenvalue weighted by molar-refractivity contribution is 5.56. The number of methoxy groups -OCH3 is 1. The van der Waals surface area contributed by atoms with E-state index in [4.69, 9.17) is 10.00 Å². The van der Waals surface area contributed by atoms with Gasteiger partial charge in [-0.1, -0.05) is 0 Å². The average Bonchev–Trinajstić information content (AvgIpc) is 2.16. The zero-order valence-corrected chi connectivity index (χ0v) is 8.03. The van der Waals surface area contributed by atoms with Crippen LogP contribution in [0.2, 0.25) is 0 Å². The summed E-state index contributed by atoms with van der Waals surface area (Å²) in [6.45, 7) is 0. The number of hydrogen-bond donors (Lipinski definition) is 0. The van der Waals surface area contributed by atoms with E-state index in [1.165, 1.54) is 0 Å². The molecular weight excluding hydrogens is 164 g/mol. The Labute approximate surface area is 78.2 Å². The summed E-state index contributed by atoms with van der Waals surface area (Å²) in [5.74, 6) is 0.619. The summed E-state index contributed by atoms with van der Waals surface area (Å²) in [5, 5.41) is 8.74. The molecular formula is C10H12N2O. The number of benzene rings is 1. The third-order valence-corrected chi connectivity index (χ3v) is 1.82. The summed E-state index contributed by atoms with van der Waals surface area (Å²) in [7, 11) is 5.46. The minimum absolute atomic E-state index is 0.563. The molecule has 68 valence electrons. The number of hydrogen-bond acceptors (Lipinski definition) is 3. The number of nitrogens with zero attached hydrogens (tertiary/aromatic N) is 2. The van der Waals surface area contributed by atoms with Crippen LogP contribution in [0.5, 0.6) is 5.75 Å². The van der Waals surface area contributed by atoms with E-state index in [0.29, 0.717) is 11.3 Å². The Bertz CT molecular complexity index is 339. The summed E-state index contributed by atoms with van der Waals surface area (Å²) in [4.78, 5) is 1.96. The lowest BCUT2D eigenvalue weighted by molar-refractivity contribution is 0.413. The lowest BCUT2D eigenvalue weighted by Gasteiger charge is -2.13. The van der Waals surface area contributed by atoms with Gasteiger partial charge in [-0.2, -0.15) is 5.26 Å². The molecule has 0 amide bonds. The fraction of sp³-hybridized carbons (Fsp3) is 0.300. The first-order valence-electron chi connectivity index (χ1n) is 3.94. The maximum atomic E-state index is 8.74. The molecule has 0 saturated heterocycles. The van der Waals surface area contributed by atoms with Gasteiger partial charge in [-0.25, -0.2) is 0 Å². The second-order valence-corrected chi connectivity index (χ2v) is 2.89. The van der Waals surface area contributed by atoms with Crippen molar-refractivity contribution in [2.45, 2.75) is 0 Å². The van der Waals surface area contributed by atoms with Crippen molar-refractivity contribution >= 4 is 5.69 Å². The summed E-state index contributed by atoms with van der Waals surface area (Å²) in [6.07, 6.45) is 0. The van der Waals surface area contributed by atoms with Crippen molar-refractivity contribution in [3.8, 4) is 11.8 Å². The smallest absolute Gasteiger partial charge is 0.138 e. The first-order valence-corrected chi connectivity index (χ1v) is 3.94. The monoisotopic (exact) mass is 176 g/mol. The van der Waals surface area contributed by atoms with Crippen molar-refractivity contribution < 1.29 is 4.74 Å². The quantitative estimate of drug-likeness (QED) is 0.687. The van der Waals surface area contributed by atoms with Gasteiger partial charge < -0.3 is 9.64 Å². The van der Waals surface area contributed by atoms with Gasteiger partial charge in [0.25, 0.3) is 0 Å². The van der Waals surface area contributed by atoms with E-state index in [9.17, 15) is 0 Å². The predicted octanol–water partition coefficient (Wildman–Crippen LogP) is 1.63. The van der Waals surface area contributed by atoms with Crippen LogP contribution in [0.4, 0.5) is 5.69 Å². The number of rotatable bonds is 2. The molecule has 1 aromatic carbocycles. The second-order valence-electron chi connectivity index (χ2n) is 2.89. The fourth-order valence-corrected chi connectivity index (χ4v) is 1.05. The van der Waals surface area contributed by atoms with Crippen LogP contribution in [0.3, 0.4) is 0 Å². The Balaban J connectivity index is 3.15. The van der Waals surface area contributed by atoms with Crippen LogP contribution >= 0.6 is 0 Å². The molecule has 0 unspecified atom stereocenters. The summed E-state index contributed by atoms with van der Waals surface area (Å²) in [6, 6.07) is 7.56. The number of nitriles is 1. The Hall–Kier alpha value is -1.69. The van der Waals surface area contributed by atoms with E-state index in [2.05, 4.69) is 6.07 Å². The van der Waals surface area contributed by atoms with Crippen molar-refractivity contribution in [2.75, 3.05) is 26.1 Å². The molecule has 13 heavy (non-hydrogen) atoms. The van der Waals surface area contributed by atoms with E-state index in [1.54, 1.807) is 13.2 Å². The van der Waals surface area contributed by atoms with Crippen molar-refractivity contribution in [3.05, 3.63) is 23.8 Å². The van der Waals surface area contributed by atoms with Crippen LogP contribution < -0.4 is 9.64 Å². The van der Waals surface area contributed by atoms with Gasteiger partial charge in [0, 0.05) is 25.8 Å². The average molecular weight is 176 g/mol. The molecule has 0 atom stereocenters. The first kappa shape index (κ1) is 9.40. The van der Waals surface area contributed by atoms with Crippen LogP contribution in [0, 0.1) is 11.3 Å². The molecule has 0 radical (unpaired) electrons. The third-order valence-electron chi connectivity index (χ3n) is 1.82. The molecule has 1 rings (SSSR count). The van der Waals surface area contributed by atoms with Gasteiger partial charge in [0.15, 0.2) is 0 Å². The zero-order chi connectivity index (χ0) is 9.84. The molecule has 0 N–H and O–H groups in total. The van der Waals surface area contributed by atoms with Gasteiger partial charge in [0.2, 0.25) is 0 Å². The second kappa shape index (κ2) is 3.81. The molecule has 0 spiro atoms.